The van der Waals surface area contributed by atoms with Crippen LogP contribution < -0.4 is 5.32 Å². The van der Waals surface area contributed by atoms with E-state index in [1.807, 2.05) is 18.7 Å². The van der Waals surface area contributed by atoms with Crippen LogP contribution in [0.1, 0.15) is 46.0 Å². The van der Waals surface area contributed by atoms with Gasteiger partial charge in [-0.3, -0.25) is 4.79 Å². The molecule has 4 nitrogen and oxygen atoms in total. The van der Waals surface area contributed by atoms with Crippen molar-refractivity contribution >= 4 is 5.91 Å². The zero-order valence-electron chi connectivity index (χ0n) is 11.0. The fraction of sp³-hybridized carbons (Fsp3) is 0.923. The quantitative estimate of drug-likeness (QED) is 0.716. The van der Waals surface area contributed by atoms with E-state index in [0.29, 0.717) is 25.9 Å². The van der Waals surface area contributed by atoms with Crippen LogP contribution in [0.15, 0.2) is 0 Å². The summed E-state index contributed by atoms with van der Waals surface area (Å²) in [6, 6.07) is 0. The Morgan fingerprint density at radius 2 is 1.82 bits per heavy atom. The van der Waals surface area contributed by atoms with Crippen molar-refractivity contribution in [2.45, 2.75) is 57.1 Å². The smallest absolute Gasteiger partial charge is 0.242 e. The molecule has 2 aliphatic heterocycles. The Kier molecular flexibility index (Phi) is 3.46. The molecule has 17 heavy (non-hydrogen) atoms. The molecule has 1 amide bonds. The van der Waals surface area contributed by atoms with E-state index in [1.165, 1.54) is 0 Å². The van der Waals surface area contributed by atoms with Crippen molar-refractivity contribution in [3.63, 3.8) is 0 Å². The van der Waals surface area contributed by atoms with E-state index in [1.54, 1.807) is 0 Å². The monoisotopic (exact) mass is 240 g/mol. The molecule has 2 aliphatic rings. The van der Waals surface area contributed by atoms with Crippen LogP contribution in [0, 0.1) is 0 Å². The summed E-state index contributed by atoms with van der Waals surface area (Å²) in [5.41, 5.74) is -0.959. The van der Waals surface area contributed by atoms with E-state index in [9.17, 15) is 9.90 Å². The Bertz CT molecular complexity index is 286. The Balaban J connectivity index is 1.96. The normalized spacial score (nSPS) is 33.5. The van der Waals surface area contributed by atoms with E-state index >= 15 is 0 Å². The van der Waals surface area contributed by atoms with Gasteiger partial charge in [0.05, 0.1) is 11.1 Å². The van der Waals surface area contributed by atoms with Crippen LogP contribution in [0.2, 0.25) is 0 Å². The number of aliphatic hydroxyl groups is 1. The van der Waals surface area contributed by atoms with E-state index in [4.69, 9.17) is 0 Å². The van der Waals surface area contributed by atoms with Crippen LogP contribution in [0.3, 0.4) is 0 Å². The Morgan fingerprint density at radius 3 is 2.35 bits per heavy atom. The van der Waals surface area contributed by atoms with Gasteiger partial charge in [-0.1, -0.05) is 0 Å². The van der Waals surface area contributed by atoms with E-state index in [2.05, 4.69) is 5.32 Å². The topological polar surface area (TPSA) is 52.6 Å². The standard InChI is InChI=1S/C13H24N2O2/c1-12(17)6-9-15(10-7-12)11(16)13(2)5-3-4-8-14-13/h14,17H,3-10H2,1-2H3. The third-order valence-electron chi connectivity index (χ3n) is 4.22. The van der Waals surface area contributed by atoms with Gasteiger partial charge in [0.1, 0.15) is 0 Å². The minimum atomic E-state index is -0.586. The summed E-state index contributed by atoms with van der Waals surface area (Å²) in [7, 11) is 0. The maximum atomic E-state index is 12.5. The Labute approximate surface area is 103 Å². The van der Waals surface area contributed by atoms with Gasteiger partial charge in [0.15, 0.2) is 0 Å². The fourth-order valence-electron chi connectivity index (χ4n) is 2.78. The molecule has 0 spiro atoms. The average molecular weight is 240 g/mol. The summed E-state index contributed by atoms with van der Waals surface area (Å²) in [6.07, 6.45) is 4.60. The van der Waals surface area contributed by atoms with Gasteiger partial charge in [-0.25, -0.2) is 0 Å². The number of likely N-dealkylation sites (tertiary alicyclic amines) is 1. The second-order valence-corrected chi connectivity index (χ2v) is 6.01. The minimum absolute atomic E-state index is 0.215. The Hall–Kier alpha value is -0.610. The molecule has 0 aromatic carbocycles. The van der Waals surface area contributed by atoms with Gasteiger partial charge in [0.2, 0.25) is 5.91 Å². The lowest BCUT2D eigenvalue weighted by Crippen LogP contribution is -2.60. The minimum Gasteiger partial charge on any atom is -0.390 e. The summed E-state index contributed by atoms with van der Waals surface area (Å²) in [4.78, 5) is 14.4. The summed E-state index contributed by atoms with van der Waals surface area (Å²) in [6.45, 7) is 6.18. The van der Waals surface area contributed by atoms with Crippen molar-refractivity contribution in [2.24, 2.45) is 0 Å². The highest BCUT2D eigenvalue weighted by atomic mass is 16.3. The van der Waals surface area contributed by atoms with Crippen molar-refractivity contribution in [1.82, 2.24) is 10.2 Å². The van der Waals surface area contributed by atoms with Gasteiger partial charge in [0.25, 0.3) is 0 Å². The van der Waals surface area contributed by atoms with Crippen molar-refractivity contribution in [1.29, 1.82) is 0 Å². The summed E-state index contributed by atoms with van der Waals surface area (Å²) in [5, 5.41) is 13.3. The number of nitrogens with one attached hydrogen (secondary N) is 1. The first kappa shape index (κ1) is 12.8. The molecule has 0 bridgehead atoms. The molecule has 0 aliphatic carbocycles. The molecular weight excluding hydrogens is 216 g/mol. The van der Waals surface area contributed by atoms with Gasteiger partial charge in [0, 0.05) is 13.1 Å². The number of carbonyl (C=O) groups is 1. The average Bonchev–Trinajstić information content (AvgIpc) is 2.29. The second kappa shape index (κ2) is 4.58. The molecule has 1 atom stereocenters. The number of amides is 1. The number of piperidine rings is 2. The van der Waals surface area contributed by atoms with E-state index in [0.717, 1.165) is 25.8 Å². The third kappa shape index (κ3) is 2.80. The molecule has 1 unspecified atom stereocenters. The first-order valence-corrected chi connectivity index (χ1v) is 6.70. The molecule has 4 heteroatoms. The van der Waals surface area contributed by atoms with Crippen LogP contribution in [0.5, 0.6) is 0 Å². The predicted molar refractivity (Wildman–Crippen MR) is 66.7 cm³/mol. The zero-order valence-corrected chi connectivity index (χ0v) is 11.0. The summed E-state index contributed by atoms with van der Waals surface area (Å²) >= 11 is 0. The van der Waals surface area contributed by atoms with Crippen LogP contribution in [0.25, 0.3) is 0 Å². The third-order valence-corrected chi connectivity index (χ3v) is 4.22. The second-order valence-electron chi connectivity index (χ2n) is 6.01. The van der Waals surface area contributed by atoms with Crippen molar-refractivity contribution < 1.29 is 9.90 Å². The van der Waals surface area contributed by atoms with Crippen LogP contribution in [0.4, 0.5) is 0 Å². The number of rotatable bonds is 1. The maximum absolute atomic E-state index is 12.5. The molecule has 2 saturated heterocycles. The molecule has 2 heterocycles. The van der Waals surface area contributed by atoms with Crippen molar-refractivity contribution in [3.05, 3.63) is 0 Å². The lowest BCUT2D eigenvalue weighted by atomic mass is 9.87. The van der Waals surface area contributed by atoms with Gasteiger partial charge >= 0.3 is 0 Å². The molecular formula is C13H24N2O2. The largest absolute Gasteiger partial charge is 0.390 e. The summed E-state index contributed by atoms with van der Waals surface area (Å²) in [5.74, 6) is 0.215. The molecule has 0 aromatic rings. The number of hydrogen-bond donors (Lipinski definition) is 2. The van der Waals surface area contributed by atoms with E-state index < -0.39 is 5.60 Å². The van der Waals surface area contributed by atoms with Gasteiger partial charge < -0.3 is 15.3 Å². The van der Waals surface area contributed by atoms with Crippen molar-refractivity contribution in [3.8, 4) is 0 Å². The lowest BCUT2D eigenvalue weighted by molar-refractivity contribution is -0.142. The van der Waals surface area contributed by atoms with Gasteiger partial charge in [-0.15, -0.1) is 0 Å². The molecule has 98 valence electrons. The number of carbonyl (C=O) groups excluding carboxylic acids is 1. The molecule has 2 fully saturated rings. The molecule has 0 radical (unpaired) electrons. The maximum Gasteiger partial charge on any atom is 0.242 e. The first-order chi connectivity index (χ1) is 7.93. The highest BCUT2D eigenvalue weighted by Crippen LogP contribution is 2.26. The predicted octanol–water partition coefficient (Wildman–Crippen LogP) is 0.892. The van der Waals surface area contributed by atoms with E-state index in [-0.39, 0.29) is 11.4 Å². The molecule has 2 N–H and O–H groups in total. The van der Waals surface area contributed by atoms with Crippen LogP contribution in [-0.4, -0.2) is 46.7 Å². The van der Waals surface area contributed by atoms with Crippen LogP contribution in [-0.2, 0) is 4.79 Å². The zero-order chi connectivity index (χ0) is 12.5. The molecule has 0 aromatic heterocycles. The SMILES string of the molecule is CC1(O)CCN(C(=O)C2(C)CCCCN2)CC1. The fourth-order valence-corrected chi connectivity index (χ4v) is 2.78. The number of nitrogens with zero attached hydrogens (tertiary/aromatic N) is 1. The highest BCUT2D eigenvalue weighted by Gasteiger charge is 2.39. The van der Waals surface area contributed by atoms with Crippen molar-refractivity contribution in [2.75, 3.05) is 19.6 Å². The van der Waals surface area contributed by atoms with Gasteiger partial charge in [-0.2, -0.15) is 0 Å². The van der Waals surface area contributed by atoms with Gasteiger partial charge in [-0.05, 0) is 52.5 Å². The van der Waals surface area contributed by atoms with Crippen LogP contribution >= 0.6 is 0 Å². The summed E-state index contributed by atoms with van der Waals surface area (Å²) < 4.78 is 0. The first-order valence-electron chi connectivity index (χ1n) is 6.70. The Morgan fingerprint density at radius 1 is 1.18 bits per heavy atom. The molecule has 0 saturated carbocycles. The molecule has 2 rings (SSSR count). The number of hydrogen-bond acceptors (Lipinski definition) is 3. The highest BCUT2D eigenvalue weighted by molar-refractivity contribution is 5.86. The lowest BCUT2D eigenvalue weighted by Gasteiger charge is -2.42.